The average molecular weight is 290 g/mol. The van der Waals surface area contributed by atoms with Gasteiger partial charge in [-0.05, 0) is 44.0 Å². The number of ether oxygens (including phenoxy) is 1. The van der Waals surface area contributed by atoms with Crippen LogP contribution in [0.3, 0.4) is 0 Å². The lowest BCUT2D eigenvalue weighted by Crippen LogP contribution is -2.38. The van der Waals surface area contributed by atoms with Gasteiger partial charge in [0, 0.05) is 32.9 Å². The number of carbonyl (C=O) groups excluding carboxylic acids is 1. The van der Waals surface area contributed by atoms with Crippen molar-refractivity contribution in [1.29, 1.82) is 0 Å². The molecule has 1 atom stereocenters. The molecule has 0 aliphatic carbocycles. The number of hydrogen-bond acceptors (Lipinski definition) is 4. The van der Waals surface area contributed by atoms with E-state index in [0.717, 1.165) is 32.5 Å². The molecule has 1 saturated heterocycles. The minimum atomic E-state index is -0.0369. The van der Waals surface area contributed by atoms with Crippen molar-refractivity contribution in [2.75, 3.05) is 38.7 Å². The smallest absolute Gasteiger partial charge is 0.310 e. The highest BCUT2D eigenvalue weighted by Gasteiger charge is 2.26. The van der Waals surface area contributed by atoms with E-state index in [1.807, 2.05) is 21.0 Å². The highest BCUT2D eigenvalue weighted by atomic mass is 16.5. The van der Waals surface area contributed by atoms with Crippen molar-refractivity contribution in [2.45, 2.75) is 26.3 Å². The quantitative estimate of drug-likeness (QED) is 0.780. The third-order valence-corrected chi connectivity index (χ3v) is 3.98. The molecule has 0 N–H and O–H groups in total. The predicted molar refractivity (Wildman–Crippen MR) is 85.4 cm³/mol. The molecule has 0 radical (unpaired) electrons. The molecule has 0 aromatic heterocycles. The lowest BCUT2D eigenvalue weighted by Gasteiger charge is -2.31. The third-order valence-electron chi connectivity index (χ3n) is 3.98. The topological polar surface area (TPSA) is 32.8 Å². The minimum Gasteiger partial charge on any atom is -0.466 e. The van der Waals surface area contributed by atoms with Crippen LogP contribution in [0, 0.1) is 5.92 Å². The van der Waals surface area contributed by atoms with Gasteiger partial charge in [0.25, 0.3) is 0 Å². The summed E-state index contributed by atoms with van der Waals surface area (Å²) in [4.78, 5) is 16.3. The van der Waals surface area contributed by atoms with E-state index >= 15 is 0 Å². The van der Waals surface area contributed by atoms with Gasteiger partial charge < -0.3 is 9.64 Å². The molecule has 116 valence electrons. The maximum Gasteiger partial charge on any atom is 0.310 e. The molecule has 1 aliphatic heterocycles. The van der Waals surface area contributed by atoms with Gasteiger partial charge in [0.2, 0.25) is 0 Å². The second-order valence-electron chi connectivity index (χ2n) is 5.89. The van der Waals surface area contributed by atoms with Gasteiger partial charge in [-0.3, -0.25) is 9.69 Å². The number of anilines is 1. The fraction of sp³-hybridized carbons (Fsp3) is 0.588. The van der Waals surface area contributed by atoms with E-state index in [4.69, 9.17) is 4.74 Å². The fourth-order valence-corrected chi connectivity index (χ4v) is 2.81. The maximum atomic E-state index is 11.9. The van der Waals surface area contributed by atoms with Crippen LogP contribution in [-0.2, 0) is 16.1 Å². The molecule has 0 bridgehead atoms. The molecule has 0 unspecified atom stereocenters. The number of likely N-dealkylation sites (tertiary alicyclic amines) is 1. The molecule has 2 rings (SSSR count). The number of nitrogens with zero attached hydrogens (tertiary/aromatic N) is 2. The second-order valence-corrected chi connectivity index (χ2v) is 5.89. The molecule has 1 aromatic carbocycles. The highest BCUT2D eigenvalue weighted by Crippen LogP contribution is 2.21. The summed E-state index contributed by atoms with van der Waals surface area (Å²) in [6.07, 6.45) is 2.02. The predicted octanol–water partition coefficient (Wildman–Crippen LogP) is 2.53. The van der Waals surface area contributed by atoms with Crippen LogP contribution in [0.5, 0.6) is 0 Å². The highest BCUT2D eigenvalue weighted by molar-refractivity contribution is 5.72. The molecular formula is C17H26N2O2. The molecule has 1 fully saturated rings. The Bertz CT molecular complexity index is 456. The minimum absolute atomic E-state index is 0.0369. The monoisotopic (exact) mass is 290 g/mol. The molecule has 0 amide bonds. The molecule has 1 heterocycles. The zero-order valence-electron chi connectivity index (χ0n) is 13.3. The second kappa shape index (κ2) is 7.46. The van der Waals surface area contributed by atoms with Crippen LogP contribution >= 0.6 is 0 Å². The summed E-state index contributed by atoms with van der Waals surface area (Å²) in [5.74, 6) is 0.00454. The Morgan fingerprint density at radius 3 is 2.67 bits per heavy atom. The first kappa shape index (κ1) is 15.8. The van der Waals surface area contributed by atoms with Crippen molar-refractivity contribution in [1.82, 2.24) is 4.90 Å². The van der Waals surface area contributed by atoms with Crippen molar-refractivity contribution < 1.29 is 9.53 Å². The summed E-state index contributed by atoms with van der Waals surface area (Å²) in [5.41, 5.74) is 2.51. The molecule has 0 saturated carbocycles. The summed E-state index contributed by atoms with van der Waals surface area (Å²) in [5, 5.41) is 0. The summed E-state index contributed by atoms with van der Waals surface area (Å²) in [6.45, 7) is 5.12. The lowest BCUT2D eigenvalue weighted by atomic mass is 9.97. The summed E-state index contributed by atoms with van der Waals surface area (Å²) < 4.78 is 5.15. The first-order valence-electron chi connectivity index (χ1n) is 7.75. The number of piperidine rings is 1. The molecular weight excluding hydrogens is 264 g/mol. The summed E-state index contributed by atoms with van der Waals surface area (Å²) >= 11 is 0. The van der Waals surface area contributed by atoms with Gasteiger partial charge in [0.15, 0.2) is 0 Å². The van der Waals surface area contributed by atoms with Crippen LogP contribution in [0.2, 0.25) is 0 Å². The Morgan fingerprint density at radius 1 is 1.33 bits per heavy atom. The van der Waals surface area contributed by atoms with Crippen LogP contribution in [0.25, 0.3) is 0 Å². The number of benzene rings is 1. The van der Waals surface area contributed by atoms with Gasteiger partial charge in [-0.15, -0.1) is 0 Å². The first-order valence-corrected chi connectivity index (χ1v) is 7.75. The molecule has 4 heteroatoms. The molecule has 21 heavy (non-hydrogen) atoms. The van der Waals surface area contributed by atoms with Gasteiger partial charge in [-0.1, -0.05) is 12.1 Å². The number of hydrogen-bond donors (Lipinski definition) is 0. The van der Waals surface area contributed by atoms with Gasteiger partial charge in [-0.25, -0.2) is 0 Å². The summed E-state index contributed by atoms with van der Waals surface area (Å²) in [6, 6.07) is 8.62. The number of carbonyl (C=O) groups is 1. The van der Waals surface area contributed by atoms with Gasteiger partial charge >= 0.3 is 5.97 Å². The Kier molecular flexibility index (Phi) is 5.62. The van der Waals surface area contributed by atoms with E-state index in [0.29, 0.717) is 6.61 Å². The average Bonchev–Trinajstić information content (AvgIpc) is 2.48. The van der Waals surface area contributed by atoms with Crippen molar-refractivity contribution in [2.24, 2.45) is 5.92 Å². The fourth-order valence-electron chi connectivity index (χ4n) is 2.81. The summed E-state index contributed by atoms with van der Waals surface area (Å²) in [7, 11) is 4.09. The van der Waals surface area contributed by atoms with E-state index < -0.39 is 0 Å². The Hall–Kier alpha value is -1.55. The Balaban J connectivity index is 1.91. The van der Waals surface area contributed by atoms with Crippen LogP contribution in [-0.4, -0.2) is 44.7 Å². The zero-order valence-corrected chi connectivity index (χ0v) is 13.3. The zero-order chi connectivity index (χ0) is 15.2. The van der Waals surface area contributed by atoms with Gasteiger partial charge in [-0.2, -0.15) is 0 Å². The molecule has 0 spiro atoms. The van der Waals surface area contributed by atoms with Crippen molar-refractivity contribution >= 4 is 11.7 Å². The molecule has 4 nitrogen and oxygen atoms in total. The van der Waals surface area contributed by atoms with E-state index in [1.54, 1.807) is 0 Å². The molecule has 1 aliphatic rings. The van der Waals surface area contributed by atoms with Crippen molar-refractivity contribution in [3.8, 4) is 0 Å². The SMILES string of the molecule is CCOC(=O)[C@H]1CCCN(Cc2ccc(N(C)C)cc2)C1. The van der Waals surface area contributed by atoms with Crippen LogP contribution < -0.4 is 4.90 Å². The van der Waals surface area contributed by atoms with Gasteiger partial charge in [0.1, 0.15) is 0 Å². The number of esters is 1. The Morgan fingerprint density at radius 2 is 2.05 bits per heavy atom. The van der Waals surface area contributed by atoms with Crippen molar-refractivity contribution in [3.63, 3.8) is 0 Å². The normalized spacial score (nSPS) is 19.3. The number of rotatable bonds is 5. The maximum absolute atomic E-state index is 11.9. The van der Waals surface area contributed by atoms with E-state index in [9.17, 15) is 4.79 Å². The van der Waals surface area contributed by atoms with E-state index in [-0.39, 0.29) is 11.9 Å². The molecule has 1 aromatic rings. The van der Waals surface area contributed by atoms with Crippen molar-refractivity contribution in [3.05, 3.63) is 29.8 Å². The van der Waals surface area contributed by atoms with E-state index in [1.165, 1.54) is 11.3 Å². The third kappa shape index (κ3) is 4.46. The van der Waals surface area contributed by atoms with Crippen LogP contribution in [0.4, 0.5) is 5.69 Å². The Labute approximate surface area is 127 Å². The first-order chi connectivity index (χ1) is 10.1. The van der Waals surface area contributed by atoms with E-state index in [2.05, 4.69) is 34.1 Å². The van der Waals surface area contributed by atoms with Gasteiger partial charge in [0.05, 0.1) is 12.5 Å². The van der Waals surface area contributed by atoms with Crippen LogP contribution in [0.15, 0.2) is 24.3 Å². The van der Waals surface area contributed by atoms with Crippen LogP contribution in [0.1, 0.15) is 25.3 Å². The standard InChI is InChI=1S/C17H26N2O2/c1-4-21-17(20)15-6-5-11-19(13-15)12-14-7-9-16(10-8-14)18(2)3/h7-10,15H,4-6,11-13H2,1-3H3/t15-/m0/s1. The largest absolute Gasteiger partial charge is 0.466 e. The lowest BCUT2D eigenvalue weighted by molar-refractivity contribution is -0.150.